The molecular formula is C23H22F3N3O2. The van der Waals surface area contributed by atoms with Crippen molar-refractivity contribution in [2.45, 2.75) is 37.7 Å². The number of piperidine rings is 1. The van der Waals surface area contributed by atoms with Crippen LogP contribution in [0.25, 0.3) is 10.9 Å². The van der Waals surface area contributed by atoms with Gasteiger partial charge in [0.05, 0.1) is 28.9 Å². The largest absolute Gasteiger partial charge is 0.573 e. The molecule has 0 spiro atoms. The Labute approximate surface area is 177 Å². The fraction of sp³-hybridized carbons (Fsp3) is 0.304. The number of pyridine rings is 1. The Morgan fingerprint density at radius 3 is 2.61 bits per heavy atom. The van der Waals surface area contributed by atoms with E-state index in [0.717, 1.165) is 29.8 Å². The number of nitrogens with zero attached hydrogens (tertiary/aromatic N) is 2. The molecule has 0 radical (unpaired) electrons. The van der Waals surface area contributed by atoms with Gasteiger partial charge in [-0.15, -0.1) is 13.2 Å². The van der Waals surface area contributed by atoms with E-state index in [2.05, 4.69) is 9.72 Å². The Morgan fingerprint density at radius 1 is 1.06 bits per heavy atom. The number of hydrogen-bond acceptors (Lipinski definition) is 4. The zero-order valence-corrected chi connectivity index (χ0v) is 16.7. The SMILES string of the molecule is NC(c1ccc2ccccc2n1)C1CCCCN1C(=O)c1ccccc1OC(F)(F)F. The number of rotatable bonds is 4. The Balaban J connectivity index is 1.63. The van der Waals surface area contributed by atoms with Crippen LogP contribution in [0, 0.1) is 0 Å². The third kappa shape index (κ3) is 4.64. The molecule has 0 bridgehead atoms. The lowest BCUT2D eigenvalue weighted by molar-refractivity contribution is -0.274. The van der Waals surface area contributed by atoms with Crippen LogP contribution in [0.4, 0.5) is 13.2 Å². The Hall–Kier alpha value is -3.13. The van der Waals surface area contributed by atoms with Gasteiger partial charge in [-0.3, -0.25) is 9.78 Å². The highest BCUT2D eigenvalue weighted by molar-refractivity contribution is 5.97. The molecule has 2 heterocycles. The third-order valence-corrected chi connectivity index (χ3v) is 5.53. The number of halogens is 3. The van der Waals surface area contributed by atoms with Gasteiger partial charge in [-0.25, -0.2) is 0 Å². The summed E-state index contributed by atoms with van der Waals surface area (Å²) in [7, 11) is 0. The van der Waals surface area contributed by atoms with Crippen LogP contribution in [-0.2, 0) is 0 Å². The molecule has 2 aromatic carbocycles. The molecule has 2 unspecified atom stereocenters. The lowest BCUT2D eigenvalue weighted by atomic mass is 9.92. The van der Waals surface area contributed by atoms with Gasteiger partial charge in [0.25, 0.3) is 5.91 Å². The van der Waals surface area contributed by atoms with Crippen molar-refractivity contribution in [1.82, 2.24) is 9.88 Å². The number of aromatic nitrogens is 1. The molecule has 0 aliphatic carbocycles. The zero-order chi connectivity index (χ0) is 22.0. The molecule has 5 nitrogen and oxygen atoms in total. The van der Waals surface area contributed by atoms with Gasteiger partial charge >= 0.3 is 6.36 Å². The first kappa shape index (κ1) is 21.1. The van der Waals surface area contributed by atoms with Crippen molar-refractivity contribution in [3.05, 3.63) is 71.9 Å². The highest BCUT2D eigenvalue weighted by Crippen LogP contribution is 2.32. The first-order valence-electron chi connectivity index (χ1n) is 10.1. The molecule has 162 valence electrons. The zero-order valence-electron chi connectivity index (χ0n) is 16.7. The van der Waals surface area contributed by atoms with Crippen LogP contribution in [0.15, 0.2) is 60.7 Å². The van der Waals surface area contributed by atoms with E-state index in [1.807, 2.05) is 36.4 Å². The van der Waals surface area contributed by atoms with Gasteiger partial charge in [0.1, 0.15) is 5.75 Å². The molecule has 1 aliphatic rings. The van der Waals surface area contributed by atoms with Crippen molar-refractivity contribution in [2.24, 2.45) is 5.73 Å². The van der Waals surface area contributed by atoms with Gasteiger partial charge < -0.3 is 15.4 Å². The van der Waals surface area contributed by atoms with E-state index in [9.17, 15) is 18.0 Å². The number of nitrogens with two attached hydrogens (primary N) is 1. The summed E-state index contributed by atoms with van der Waals surface area (Å²) in [5.74, 6) is -1.04. The summed E-state index contributed by atoms with van der Waals surface area (Å²) in [5.41, 5.74) is 7.85. The number of fused-ring (bicyclic) bond motifs is 1. The predicted molar refractivity (Wildman–Crippen MR) is 110 cm³/mol. The highest BCUT2D eigenvalue weighted by atomic mass is 19.4. The normalized spacial score (nSPS) is 18.1. The molecule has 4 rings (SSSR count). The van der Waals surface area contributed by atoms with E-state index in [-0.39, 0.29) is 11.6 Å². The number of carbonyl (C=O) groups is 1. The summed E-state index contributed by atoms with van der Waals surface area (Å²) >= 11 is 0. The van der Waals surface area contributed by atoms with E-state index in [1.165, 1.54) is 18.2 Å². The number of benzene rings is 2. The number of likely N-dealkylation sites (tertiary alicyclic amines) is 1. The molecule has 8 heteroatoms. The lowest BCUT2D eigenvalue weighted by Crippen LogP contribution is -2.49. The van der Waals surface area contributed by atoms with Gasteiger partial charge in [0, 0.05) is 11.9 Å². The first-order valence-corrected chi connectivity index (χ1v) is 10.1. The second-order valence-corrected chi connectivity index (χ2v) is 7.56. The van der Waals surface area contributed by atoms with E-state index in [1.54, 1.807) is 4.90 Å². The maximum Gasteiger partial charge on any atom is 0.573 e. The van der Waals surface area contributed by atoms with Crippen LogP contribution in [-0.4, -0.2) is 34.7 Å². The van der Waals surface area contributed by atoms with Crippen LogP contribution in [0.2, 0.25) is 0 Å². The van der Waals surface area contributed by atoms with Gasteiger partial charge in [0.2, 0.25) is 0 Å². The Morgan fingerprint density at radius 2 is 1.81 bits per heavy atom. The topological polar surface area (TPSA) is 68.5 Å². The van der Waals surface area contributed by atoms with Crippen molar-refractivity contribution in [3.63, 3.8) is 0 Å². The van der Waals surface area contributed by atoms with Crippen LogP contribution in [0.5, 0.6) is 5.75 Å². The van der Waals surface area contributed by atoms with Gasteiger partial charge in [-0.2, -0.15) is 0 Å². The monoisotopic (exact) mass is 429 g/mol. The smallest absolute Gasteiger partial charge is 0.405 e. The van der Waals surface area contributed by atoms with Crippen molar-refractivity contribution in [1.29, 1.82) is 0 Å². The summed E-state index contributed by atoms with van der Waals surface area (Å²) in [6, 6.07) is 15.9. The van der Waals surface area contributed by atoms with Crippen LogP contribution in [0.1, 0.15) is 41.4 Å². The third-order valence-electron chi connectivity index (χ3n) is 5.53. The molecule has 2 atom stereocenters. The molecule has 1 aromatic heterocycles. The number of ether oxygens (including phenoxy) is 1. The molecule has 3 aromatic rings. The number of amides is 1. The maximum absolute atomic E-state index is 13.3. The molecule has 1 saturated heterocycles. The van der Waals surface area contributed by atoms with Crippen molar-refractivity contribution in [2.75, 3.05) is 6.54 Å². The summed E-state index contributed by atoms with van der Waals surface area (Å²) in [6.45, 7) is 0.408. The van der Waals surface area contributed by atoms with Crippen LogP contribution in [0.3, 0.4) is 0 Å². The molecule has 2 N–H and O–H groups in total. The maximum atomic E-state index is 13.3. The van der Waals surface area contributed by atoms with Gasteiger partial charge in [-0.05, 0) is 43.5 Å². The Kier molecular flexibility index (Phi) is 5.82. The van der Waals surface area contributed by atoms with E-state index in [4.69, 9.17) is 5.73 Å². The minimum Gasteiger partial charge on any atom is -0.405 e. The summed E-state index contributed by atoms with van der Waals surface area (Å²) < 4.78 is 42.5. The predicted octanol–water partition coefficient (Wildman–Crippen LogP) is 4.83. The molecule has 1 aliphatic heterocycles. The minimum absolute atomic E-state index is 0.134. The summed E-state index contributed by atoms with van der Waals surface area (Å²) in [5, 5.41) is 0.980. The van der Waals surface area contributed by atoms with Crippen LogP contribution < -0.4 is 10.5 Å². The summed E-state index contributed by atoms with van der Waals surface area (Å²) in [6.07, 6.45) is -2.62. The number of para-hydroxylation sites is 2. The molecular weight excluding hydrogens is 407 g/mol. The molecule has 31 heavy (non-hydrogen) atoms. The second kappa shape index (κ2) is 8.55. The fourth-order valence-electron chi connectivity index (χ4n) is 4.06. The number of hydrogen-bond donors (Lipinski definition) is 1. The van der Waals surface area contributed by atoms with Crippen molar-refractivity contribution in [3.8, 4) is 5.75 Å². The molecule has 0 saturated carbocycles. The fourth-order valence-corrected chi connectivity index (χ4v) is 4.06. The highest BCUT2D eigenvalue weighted by Gasteiger charge is 2.36. The summed E-state index contributed by atoms with van der Waals surface area (Å²) in [4.78, 5) is 19.5. The van der Waals surface area contributed by atoms with Crippen molar-refractivity contribution < 1.29 is 22.7 Å². The second-order valence-electron chi connectivity index (χ2n) is 7.56. The first-order chi connectivity index (χ1) is 14.8. The molecule has 1 fully saturated rings. The lowest BCUT2D eigenvalue weighted by Gasteiger charge is -2.39. The Bertz CT molecular complexity index is 1090. The van der Waals surface area contributed by atoms with E-state index < -0.39 is 24.1 Å². The molecule has 1 amide bonds. The van der Waals surface area contributed by atoms with Gasteiger partial charge in [-0.1, -0.05) is 36.4 Å². The average Bonchev–Trinajstić information content (AvgIpc) is 2.77. The standard InChI is InChI=1S/C23H22F3N3O2/c24-23(25,26)31-20-11-4-2-8-16(20)22(30)29-14-6-5-10-19(29)21(27)18-13-12-15-7-1-3-9-17(15)28-18/h1-4,7-9,11-13,19,21H,5-6,10,14,27H2. The quantitative estimate of drug-likeness (QED) is 0.645. The number of carbonyl (C=O) groups excluding carboxylic acids is 1. The average molecular weight is 429 g/mol. The minimum atomic E-state index is -4.89. The van der Waals surface area contributed by atoms with Crippen LogP contribution >= 0.6 is 0 Å². The number of alkyl halides is 3. The van der Waals surface area contributed by atoms with E-state index in [0.29, 0.717) is 18.7 Å². The van der Waals surface area contributed by atoms with Crippen molar-refractivity contribution >= 4 is 16.8 Å². The van der Waals surface area contributed by atoms with Gasteiger partial charge in [0.15, 0.2) is 0 Å². The van der Waals surface area contributed by atoms with E-state index >= 15 is 0 Å².